The summed E-state index contributed by atoms with van der Waals surface area (Å²) in [6.07, 6.45) is 6.50. The SMILES string of the molecule is COc1cc(C2(C/C=C(\C)CC[C@@H]3OC3(OC)OC)SCCCS2)cc(C(C)C)c1OC. The highest BCUT2D eigenvalue weighted by Gasteiger charge is 2.58. The highest BCUT2D eigenvalue weighted by atomic mass is 32.2. The Kier molecular flexibility index (Phi) is 8.89. The predicted molar refractivity (Wildman–Crippen MR) is 134 cm³/mol. The minimum Gasteiger partial charge on any atom is -0.493 e. The Morgan fingerprint density at radius 3 is 2.34 bits per heavy atom. The van der Waals surface area contributed by atoms with Gasteiger partial charge in [-0.05, 0) is 67.7 Å². The minimum absolute atomic E-state index is 0.00712. The van der Waals surface area contributed by atoms with Crippen molar-refractivity contribution in [1.82, 2.24) is 0 Å². The van der Waals surface area contributed by atoms with Crippen LogP contribution in [0.15, 0.2) is 23.8 Å². The van der Waals surface area contributed by atoms with E-state index in [1.807, 2.05) is 0 Å². The number of rotatable bonds is 11. The topological polar surface area (TPSA) is 49.5 Å². The number of thioether (sulfide) groups is 2. The van der Waals surface area contributed by atoms with E-state index < -0.39 is 5.97 Å². The molecule has 0 aliphatic carbocycles. The van der Waals surface area contributed by atoms with Gasteiger partial charge in [0.05, 0.1) is 18.3 Å². The Hall–Kier alpha value is -0.860. The predicted octanol–water partition coefficient (Wildman–Crippen LogP) is 6.31. The molecule has 1 aromatic rings. The highest BCUT2D eigenvalue weighted by molar-refractivity contribution is 8.18. The van der Waals surface area contributed by atoms with Gasteiger partial charge in [0.25, 0.3) is 0 Å². The van der Waals surface area contributed by atoms with Crippen molar-refractivity contribution in [2.75, 3.05) is 39.9 Å². The van der Waals surface area contributed by atoms with E-state index in [0.29, 0.717) is 5.92 Å². The Morgan fingerprint density at radius 1 is 1.12 bits per heavy atom. The molecule has 5 nitrogen and oxygen atoms in total. The van der Waals surface area contributed by atoms with Gasteiger partial charge in [0, 0.05) is 19.8 Å². The van der Waals surface area contributed by atoms with Crippen molar-refractivity contribution in [1.29, 1.82) is 0 Å². The molecule has 0 bridgehead atoms. The second-order valence-corrected chi connectivity index (χ2v) is 11.7. The lowest BCUT2D eigenvalue weighted by atomic mass is 9.96. The summed E-state index contributed by atoms with van der Waals surface area (Å²) in [5.41, 5.74) is 3.90. The number of methoxy groups -OCH3 is 4. The van der Waals surface area contributed by atoms with E-state index in [1.54, 1.807) is 28.4 Å². The minimum atomic E-state index is -0.830. The molecule has 7 heteroatoms. The Bertz CT molecular complexity index is 798. The third kappa shape index (κ3) is 5.44. The summed E-state index contributed by atoms with van der Waals surface area (Å²) in [6.45, 7) is 6.63. The maximum atomic E-state index is 5.75. The zero-order valence-corrected chi connectivity index (χ0v) is 22.1. The lowest BCUT2D eigenvalue weighted by molar-refractivity contribution is -0.196. The van der Waals surface area contributed by atoms with E-state index in [4.69, 9.17) is 23.7 Å². The van der Waals surface area contributed by atoms with Gasteiger partial charge >= 0.3 is 5.97 Å². The van der Waals surface area contributed by atoms with E-state index >= 15 is 0 Å². The van der Waals surface area contributed by atoms with Crippen LogP contribution in [0.5, 0.6) is 11.5 Å². The van der Waals surface area contributed by atoms with E-state index in [-0.39, 0.29) is 10.2 Å². The first-order chi connectivity index (χ1) is 15.3. The third-order valence-electron chi connectivity index (χ3n) is 6.26. The van der Waals surface area contributed by atoms with Crippen LogP contribution in [0.3, 0.4) is 0 Å². The fraction of sp³-hybridized carbons (Fsp3) is 0.680. The van der Waals surface area contributed by atoms with Crippen molar-refractivity contribution in [2.24, 2.45) is 0 Å². The number of benzene rings is 1. The molecule has 0 amide bonds. The quantitative estimate of drug-likeness (QED) is 0.208. The summed E-state index contributed by atoms with van der Waals surface area (Å²) in [7, 11) is 6.70. The van der Waals surface area contributed by atoms with Gasteiger partial charge < -0.3 is 23.7 Å². The molecule has 1 atom stereocenters. The van der Waals surface area contributed by atoms with Gasteiger partial charge in [0.15, 0.2) is 11.5 Å². The molecule has 0 aromatic heterocycles. The largest absolute Gasteiger partial charge is 0.493 e. The maximum absolute atomic E-state index is 5.75. The molecule has 180 valence electrons. The third-order valence-corrected chi connectivity index (χ3v) is 9.69. The molecule has 2 aliphatic heterocycles. The van der Waals surface area contributed by atoms with Gasteiger partial charge in [-0.1, -0.05) is 25.5 Å². The Labute approximate surface area is 201 Å². The molecular formula is C25H38O5S2. The van der Waals surface area contributed by atoms with Crippen molar-refractivity contribution in [2.45, 2.75) is 68.5 Å². The van der Waals surface area contributed by atoms with Gasteiger partial charge in [0.2, 0.25) is 0 Å². The first kappa shape index (κ1) is 25.8. The summed E-state index contributed by atoms with van der Waals surface area (Å²) in [4.78, 5) is 0. The zero-order chi connectivity index (χ0) is 23.4. The maximum Gasteiger partial charge on any atom is 0.311 e. The number of allylic oxidation sites excluding steroid dienone is 2. The normalized spacial score (nSPS) is 22.1. The van der Waals surface area contributed by atoms with Crippen LogP contribution >= 0.6 is 23.5 Å². The number of hydrogen-bond acceptors (Lipinski definition) is 7. The van der Waals surface area contributed by atoms with Crippen molar-refractivity contribution in [3.05, 3.63) is 34.9 Å². The summed E-state index contributed by atoms with van der Waals surface area (Å²) in [5, 5.41) is 0. The van der Waals surface area contributed by atoms with Crippen LogP contribution in [0.1, 0.15) is 63.5 Å². The van der Waals surface area contributed by atoms with E-state index in [0.717, 1.165) is 30.8 Å². The van der Waals surface area contributed by atoms with Gasteiger partial charge in [-0.15, -0.1) is 23.5 Å². The van der Waals surface area contributed by atoms with E-state index in [9.17, 15) is 0 Å². The second kappa shape index (κ2) is 11.0. The molecular weight excluding hydrogens is 444 g/mol. The average molecular weight is 483 g/mol. The van der Waals surface area contributed by atoms with Crippen LogP contribution in [0.25, 0.3) is 0 Å². The number of ether oxygens (including phenoxy) is 5. The molecule has 2 fully saturated rings. The molecule has 2 heterocycles. The van der Waals surface area contributed by atoms with Crippen molar-refractivity contribution in [3.8, 4) is 11.5 Å². The monoisotopic (exact) mass is 482 g/mol. The number of hydrogen-bond donors (Lipinski definition) is 0. The molecule has 2 aliphatic rings. The molecule has 32 heavy (non-hydrogen) atoms. The molecule has 0 spiro atoms. The Morgan fingerprint density at radius 2 is 1.81 bits per heavy atom. The summed E-state index contributed by atoms with van der Waals surface area (Å²) < 4.78 is 27.8. The van der Waals surface area contributed by atoms with Crippen molar-refractivity contribution < 1.29 is 23.7 Å². The summed E-state index contributed by atoms with van der Waals surface area (Å²) in [6, 6.07) is 4.52. The van der Waals surface area contributed by atoms with Crippen LogP contribution in [0, 0.1) is 0 Å². The van der Waals surface area contributed by atoms with Crippen LogP contribution in [0.2, 0.25) is 0 Å². The fourth-order valence-electron chi connectivity index (χ4n) is 4.23. The standard InChI is InChI=1S/C25H38O5S2/c1-17(2)20-15-19(16-21(26-4)23(20)27-5)24(31-13-8-14-32-24)12-11-18(3)9-10-22-25(28-6,29-7)30-22/h11,15-17,22H,8-10,12-14H2,1-7H3/b18-11+/t22-/m0/s1. The molecule has 0 saturated carbocycles. The first-order valence-corrected chi connectivity index (χ1v) is 13.3. The van der Waals surface area contributed by atoms with E-state index in [2.05, 4.69) is 62.5 Å². The fourth-order valence-corrected chi connectivity index (χ4v) is 7.46. The second-order valence-electron chi connectivity index (χ2n) is 8.67. The molecule has 0 N–H and O–H groups in total. The van der Waals surface area contributed by atoms with Crippen LogP contribution in [-0.4, -0.2) is 52.0 Å². The van der Waals surface area contributed by atoms with E-state index in [1.165, 1.54) is 34.6 Å². The van der Waals surface area contributed by atoms with Crippen LogP contribution in [-0.2, 0) is 18.3 Å². The number of epoxide rings is 1. The van der Waals surface area contributed by atoms with Gasteiger partial charge in [-0.25, -0.2) is 0 Å². The molecule has 3 rings (SSSR count). The first-order valence-electron chi connectivity index (χ1n) is 11.3. The van der Waals surface area contributed by atoms with Gasteiger partial charge in [-0.2, -0.15) is 0 Å². The highest BCUT2D eigenvalue weighted by Crippen LogP contribution is 2.55. The smallest absolute Gasteiger partial charge is 0.311 e. The van der Waals surface area contributed by atoms with Crippen molar-refractivity contribution >= 4 is 23.5 Å². The van der Waals surface area contributed by atoms with Gasteiger partial charge in [0.1, 0.15) is 6.10 Å². The Balaban J connectivity index is 1.81. The lowest BCUT2D eigenvalue weighted by Crippen LogP contribution is -2.23. The van der Waals surface area contributed by atoms with Crippen LogP contribution in [0.4, 0.5) is 0 Å². The molecule has 1 aromatic carbocycles. The molecule has 0 unspecified atom stereocenters. The molecule has 0 radical (unpaired) electrons. The van der Waals surface area contributed by atoms with Gasteiger partial charge in [-0.3, -0.25) is 0 Å². The van der Waals surface area contributed by atoms with Crippen LogP contribution < -0.4 is 9.47 Å². The summed E-state index contributed by atoms with van der Waals surface area (Å²) >= 11 is 4.12. The lowest BCUT2D eigenvalue weighted by Gasteiger charge is -2.37. The average Bonchev–Trinajstić information content (AvgIpc) is 3.54. The molecule has 2 saturated heterocycles. The van der Waals surface area contributed by atoms with Crippen molar-refractivity contribution in [3.63, 3.8) is 0 Å². The zero-order valence-electron chi connectivity index (χ0n) is 20.5. The summed E-state index contributed by atoms with van der Waals surface area (Å²) in [5.74, 6) is 3.54.